The van der Waals surface area contributed by atoms with Crippen LogP contribution < -0.4 is 0 Å². The van der Waals surface area contributed by atoms with Crippen LogP contribution in [0.4, 0.5) is 0 Å². The Morgan fingerprint density at radius 2 is 1.69 bits per heavy atom. The number of rotatable bonds is 2. The van der Waals surface area contributed by atoms with Gasteiger partial charge >= 0.3 is 0 Å². The van der Waals surface area contributed by atoms with E-state index in [2.05, 4.69) is 6.92 Å². The minimum absolute atomic E-state index is 0.167. The molecule has 1 nitrogen and oxygen atoms in total. The molecule has 0 radical (unpaired) electrons. The van der Waals surface area contributed by atoms with Crippen molar-refractivity contribution in [2.24, 2.45) is 28.6 Å². The van der Waals surface area contributed by atoms with Gasteiger partial charge in [-0.15, -0.1) is 0 Å². The summed E-state index contributed by atoms with van der Waals surface area (Å²) >= 11 is 0. The molecule has 0 heterocycles. The molecular formula is C15H22O. The molecule has 16 heavy (non-hydrogen) atoms. The molecule has 1 heteroatoms. The molecular weight excluding hydrogens is 196 g/mol. The van der Waals surface area contributed by atoms with E-state index in [0.29, 0.717) is 17.1 Å². The predicted octanol–water partition coefficient (Wildman–Crippen LogP) is 3.57. The first-order chi connectivity index (χ1) is 7.59. The highest BCUT2D eigenvalue weighted by Gasteiger charge is 2.60. The van der Waals surface area contributed by atoms with E-state index in [0.717, 1.165) is 11.8 Å². The van der Waals surface area contributed by atoms with Crippen LogP contribution in [0.3, 0.4) is 0 Å². The summed E-state index contributed by atoms with van der Waals surface area (Å²) in [6, 6.07) is 0. The normalized spacial score (nSPS) is 54.3. The van der Waals surface area contributed by atoms with Crippen molar-refractivity contribution in [2.45, 2.75) is 58.3 Å². The molecule has 0 spiro atoms. The summed E-state index contributed by atoms with van der Waals surface area (Å²) in [5, 5.41) is 0. The molecule has 5 saturated carbocycles. The van der Waals surface area contributed by atoms with E-state index in [1.165, 1.54) is 51.4 Å². The Morgan fingerprint density at radius 1 is 1.06 bits per heavy atom. The van der Waals surface area contributed by atoms with Crippen LogP contribution in [-0.4, -0.2) is 5.78 Å². The van der Waals surface area contributed by atoms with Gasteiger partial charge in [0.05, 0.1) is 0 Å². The van der Waals surface area contributed by atoms with Crippen molar-refractivity contribution in [3.63, 3.8) is 0 Å². The van der Waals surface area contributed by atoms with Gasteiger partial charge in [-0.25, -0.2) is 0 Å². The number of hydrogen-bond acceptors (Lipinski definition) is 1. The third-order valence-electron chi connectivity index (χ3n) is 5.82. The zero-order valence-corrected chi connectivity index (χ0v) is 10.3. The zero-order valence-electron chi connectivity index (χ0n) is 10.3. The molecule has 5 aliphatic rings. The molecule has 5 fully saturated rings. The van der Waals surface area contributed by atoms with E-state index >= 15 is 0 Å². The van der Waals surface area contributed by atoms with E-state index in [-0.39, 0.29) is 5.41 Å². The minimum Gasteiger partial charge on any atom is -0.299 e. The van der Waals surface area contributed by atoms with Crippen LogP contribution in [0.1, 0.15) is 58.3 Å². The largest absolute Gasteiger partial charge is 0.299 e. The van der Waals surface area contributed by atoms with Gasteiger partial charge in [0.2, 0.25) is 0 Å². The molecule has 0 amide bonds. The maximum absolute atomic E-state index is 12.6. The van der Waals surface area contributed by atoms with Crippen molar-refractivity contribution < 1.29 is 4.79 Å². The Kier molecular flexibility index (Phi) is 1.65. The number of hydrogen-bond donors (Lipinski definition) is 0. The van der Waals surface area contributed by atoms with Gasteiger partial charge in [-0.3, -0.25) is 4.79 Å². The molecule has 0 saturated heterocycles. The van der Waals surface area contributed by atoms with Crippen molar-refractivity contribution in [2.75, 3.05) is 0 Å². The Balaban J connectivity index is 1.71. The van der Waals surface area contributed by atoms with Crippen LogP contribution in [0.2, 0.25) is 0 Å². The van der Waals surface area contributed by atoms with E-state index in [1.807, 2.05) is 0 Å². The van der Waals surface area contributed by atoms with E-state index in [4.69, 9.17) is 0 Å². The standard InChI is InChI=1S/C15H22O/c1-14-5-10-4-11(6-14)8-15(7-10,9-14)13(16)12-2-3-12/h10-12H,2-9H2,1H3. The fraction of sp³-hybridized carbons (Fsp3) is 0.933. The minimum atomic E-state index is 0.167. The summed E-state index contributed by atoms with van der Waals surface area (Å²) in [6.07, 6.45) is 10.4. The van der Waals surface area contributed by atoms with Gasteiger partial charge in [-0.05, 0) is 68.6 Å². The molecule has 0 aromatic carbocycles. The molecule has 5 rings (SSSR count). The van der Waals surface area contributed by atoms with E-state index < -0.39 is 0 Å². The Bertz CT molecular complexity index is 338. The lowest BCUT2D eigenvalue weighted by molar-refractivity contribution is -0.154. The summed E-state index contributed by atoms with van der Waals surface area (Å²) in [4.78, 5) is 12.6. The molecule has 5 aliphatic carbocycles. The second-order valence-electron chi connectivity index (χ2n) is 7.69. The lowest BCUT2D eigenvalue weighted by atomic mass is 9.43. The average molecular weight is 218 g/mol. The van der Waals surface area contributed by atoms with Crippen LogP contribution in [0, 0.1) is 28.6 Å². The van der Waals surface area contributed by atoms with Crippen LogP contribution in [0.5, 0.6) is 0 Å². The van der Waals surface area contributed by atoms with Crippen molar-refractivity contribution in [1.82, 2.24) is 0 Å². The SMILES string of the molecule is CC12CC3CC(C1)CC(C(=O)C1CC1)(C3)C2. The monoisotopic (exact) mass is 218 g/mol. The molecule has 88 valence electrons. The first kappa shape index (κ1) is 9.67. The molecule has 0 aromatic heterocycles. The Labute approximate surface area is 98.0 Å². The van der Waals surface area contributed by atoms with Crippen molar-refractivity contribution in [3.05, 3.63) is 0 Å². The van der Waals surface area contributed by atoms with Gasteiger partial charge in [0, 0.05) is 11.3 Å². The third-order valence-corrected chi connectivity index (χ3v) is 5.82. The maximum atomic E-state index is 12.6. The summed E-state index contributed by atoms with van der Waals surface area (Å²) in [6.45, 7) is 2.46. The molecule has 0 N–H and O–H groups in total. The number of carbonyl (C=O) groups is 1. The van der Waals surface area contributed by atoms with Gasteiger partial charge in [-0.2, -0.15) is 0 Å². The van der Waals surface area contributed by atoms with E-state index in [9.17, 15) is 4.79 Å². The van der Waals surface area contributed by atoms with E-state index in [1.54, 1.807) is 0 Å². The fourth-order valence-corrected chi connectivity index (χ4v) is 5.79. The van der Waals surface area contributed by atoms with Crippen LogP contribution >= 0.6 is 0 Å². The highest BCUT2D eigenvalue weighted by atomic mass is 16.1. The van der Waals surface area contributed by atoms with Crippen molar-refractivity contribution in [1.29, 1.82) is 0 Å². The molecule has 2 unspecified atom stereocenters. The van der Waals surface area contributed by atoms with Crippen LogP contribution in [0.25, 0.3) is 0 Å². The predicted molar refractivity (Wildman–Crippen MR) is 63.0 cm³/mol. The second-order valence-corrected chi connectivity index (χ2v) is 7.69. The van der Waals surface area contributed by atoms with Crippen molar-refractivity contribution in [3.8, 4) is 0 Å². The Hall–Kier alpha value is -0.330. The topological polar surface area (TPSA) is 17.1 Å². The van der Waals surface area contributed by atoms with Gasteiger partial charge in [0.15, 0.2) is 0 Å². The molecule has 2 atom stereocenters. The lowest BCUT2D eigenvalue weighted by Crippen LogP contribution is -2.54. The van der Waals surface area contributed by atoms with Gasteiger partial charge in [0.25, 0.3) is 0 Å². The first-order valence-corrected chi connectivity index (χ1v) is 7.13. The molecule has 4 bridgehead atoms. The maximum Gasteiger partial charge on any atom is 0.142 e. The second kappa shape index (κ2) is 2.73. The fourth-order valence-electron chi connectivity index (χ4n) is 5.79. The Morgan fingerprint density at radius 3 is 2.19 bits per heavy atom. The zero-order chi connectivity index (χ0) is 11.0. The van der Waals surface area contributed by atoms with Gasteiger partial charge < -0.3 is 0 Å². The smallest absolute Gasteiger partial charge is 0.142 e. The van der Waals surface area contributed by atoms with Crippen LogP contribution in [-0.2, 0) is 4.79 Å². The number of Topliss-reactive ketones (excluding diaryl/α,β-unsaturated/α-hetero) is 1. The summed E-state index contributed by atoms with van der Waals surface area (Å²) in [7, 11) is 0. The molecule has 0 aromatic rings. The van der Waals surface area contributed by atoms with Gasteiger partial charge in [0.1, 0.15) is 5.78 Å². The first-order valence-electron chi connectivity index (χ1n) is 7.13. The highest BCUT2D eigenvalue weighted by molar-refractivity contribution is 5.89. The number of carbonyl (C=O) groups excluding carboxylic acids is 1. The molecule has 0 aliphatic heterocycles. The lowest BCUT2D eigenvalue weighted by Gasteiger charge is -2.60. The van der Waals surface area contributed by atoms with Crippen LogP contribution in [0.15, 0.2) is 0 Å². The third kappa shape index (κ3) is 1.21. The quantitative estimate of drug-likeness (QED) is 0.692. The summed E-state index contributed by atoms with van der Waals surface area (Å²) < 4.78 is 0. The van der Waals surface area contributed by atoms with Crippen molar-refractivity contribution >= 4 is 5.78 Å². The summed E-state index contributed by atoms with van der Waals surface area (Å²) in [5.74, 6) is 2.97. The summed E-state index contributed by atoms with van der Waals surface area (Å²) in [5.41, 5.74) is 0.703. The average Bonchev–Trinajstić information content (AvgIpc) is 2.95. The highest BCUT2D eigenvalue weighted by Crippen LogP contribution is 2.66. The van der Waals surface area contributed by atoms with Gasteiger partial charge in [-0.1, -0.05) is 6.92 Å². The number of ketones is 1.